The number of fused-ring (bicyclic) bond motifs is 1. The topological polar surface area (TPSA) is 71.5 Å². The number of benzene rings is 4. The van der Waals surface area contributed by atoms with E-state index >= 15 is 0 Å². The number of rotatable bonds is 6. The number of aromatic nitrogens is 1. The van der Waals surface area contributed by atoms with Crippen LogP contribution in [-0.2, 0) is 6.54 Å². The van der Waals surface area contributed by atoms with Crippen molar-refractivity contribution in [3.8, 4) is 28.4 Å². The molecule has 0 aliphatic carbocycles. The van der Waals surface area contributed by atoms with Crippen molar-refractivity contribution in [3.63, 3.8) is 0 Å². The molecular formula is C29H22N2O3. The number of carbonyl (C=O) groups is 1. The minimum atomic E-state index is -0.168. The van der Waals surface area contributed by atoms with Crippen LogP contribution in [0, 0.1) is 0 Å². The van der Waals surface area contributed by atoms with Gasteiger partial charge in [0.15, 0.2) is 0 Å². The summed E-state index contributed by atoms with van der Waals surface area (Å²) in [5.41, 5.74) is 3.74. The summed E-state index contributed by atoms with van der Waals surface area (Å²) in [5.74, 6) is 1.46. The molecule has 1 aromatic heterocycles. The first-order chi connectivity index (χ1) is 16.7. The van der Waals surface area contributed by atoms with Crippen LogP contribution in [0.1, 0.15) is 15.9 Å². The van der Waals surface area contributed by atoms with Crippen molar-refractivity contribution in [3.05, 3.63) is 120 Å². The highest BCUT2D eigenvalue weighted by Crippen LogP contribution is 2.31. The molecule has 0 aliphatic rings. The van der Waals surface area contributed by atoms with Crippen LogP contribution < -0.4 is 10.1 Å². The predicted octanol–water partition coefficient (Wildman–Crippen LogP) is 6.33. The van der Waals surface area contributed by atoms with E-state index in [4.69, 9.17) is 4.74 Å². The van der Waals surface area contributed by atoms with Crippen LogP contribution in [0.15, 0.2) is 109 Å². The summed E-state index contributed by atoms with van der Waals surface area (Å²) < 4.78 is 5.81. The van der Waals surface area contributed by atoms with Crippen LogP contribution in [0.3, 0.4) is 0 Å². The van der Waals surface area contributed by atoms with Crippen LogP contribution in [0.5, 0.6) is 17.2 Å². The van der Waals surface area contributed by atoms with E-state index in [2.05, 4.69) is 10.3 Å². The number of carbonyl (C=O) groups excluding carboxylic acids is 1. The zero-order chi connectivity index (χ0) is 23.3. The molecule has 5 rings (SSSR count). The highest BCUT2D eigenvalue weighted by molar-refractivity contribution is 5.96. The van der Waals surface area contributed by atoms with Gasteiger partial charge < -0.3 is 15.2 Å². The third-order valence-electron chi connectivity index (χ3n) is 5.50. The van der Waals surface area contributed by atoms with Crippen molar-refractivity contribution in [2.45, 2.75) is 6.54 Å². The Labute approximate surface area is 197 Å². The van der Waals surface area contributed by atoms with Gasteiger partial charge in [-0.15, -0.1) is 0 Å². The number of hydrogen-bond donors (Lipinski definition) is 2. The van der Waals surface area contributed by atoms with Crippen LogP contribution in [-0.4, -0.2) is 16.0 Å². The summed E-state index contributed by atoms with van der Waals surface area (Å²) in [7, 11) is 0. The van der Waals surface area contributed by atoms with Crippen molar-refractivity contribution in [1.82, 2.24) is 10.3 Å². The summed E-state index contributed by atoms with van der Waals surface area (Å²) >= 11 is 0. The van der Waals surface area contributed by atoms with Gasteiger partial charge in [0.1, 0.15) is 22.8 Å². The maximum Gasteiger partial charge on any atom is 0.251 e. The maximum atomic E-state index is 12.8. The van der Waals surface area contributed by atoms with Gasteiger partial charge in [-0.25, -0.2) is 0 Å². The van der Waals surface area contributed by atoms with E-state index in [1.807, 2.05) is 91.0 Å². The molecule has 166 valence electrons. The van der Waals surface area contributed by atoms with E-state index in [1.54, 1.807) is 18.3 Å². The van der Waals surface area contributed by atoms with Crippen LogP contribution >= 0.6 is 0 Å². The zero-order valence-corrected chi connectivity index (χ0v) is 18.3. The summed E-state index contributed by atoms with van der Waals surface area (Å²) in [6, 6.07) is 31.9. The van der Waals surface area contributed by atoms with Gasteiger partial charge in [0.05, 0.1) is 0 Å². The summed E-state index contributed by atoms with van der Waals surface area (Å²) in [4.78, 5) is 17.0. The van der Waals surface area contributed by atoms with Gasteiger partial charge in [-0.2, -0.15) is 0 Å². The van der Waals surface area contributed by atoms with Crippen LogP contribution in [0.4, 0.5) is 0 Å². The first kappa shape index (κ1) is 21.2. The van der Waals surface area contributed by atoms with E-state index in [-0.39, 0.29) is 11.7 Å². The molecule has 0 fully saturated rings. The van der Waals surface area contributed by atoms with Gasteiger partial charge in [0.2, 0.25) is 0 Å². The Bertz CT molecular complexity index is 1450. The molecule has 0 aliphatic heterocycles. The molecule has 4 aromatic carbocycles. The quantitative estimate of drug-likeness (QED) is 0.320. The van der Waals surface area contributed by atoms with Gasteiger partial charge in [0.25, 0.3) is 5.91 Å². The molecule has 5 aromatic rings. The number of phenolic OH excluding ortho intramolecular Hbond substituents is 1. The minimum Gasteiger partial charge on any atom is -0.506 e. The molecule has 5 heteroatoms. The highest BCUT2D eigenvalue weighted by atomic mass is 16.5. The lowest BCUT2D eigenvalue weighted by molar-refractivity contribution is 0.0951. The Morgan fingerprint density at radius 2 is 1.59 bits per heavy atom. The third-order valence-corrected chi connectivity index (χ3v) is 5.50. The summed E-state index contributed by atoms with van der Waals surface area (Å²) in [5, 5.41) is 14.2. The van der Waals surface area contributed by atoms with Crippen molar-refractivity contribution in [2.24, 2.45) is 0 Å². The van der Waals surface area contributed by atoms with E-state index in [0.717, 1.165) is 33.6 Å². The number of aromatic hydroxyl groups is 1. The Hall–Kier alpha value is -4.64. The van der Waals surface area contributed by atoms with Gasteiger partial charge in [-0.3, -0.25) is 9.78 Å². The molecule has 34 heavy (non-hydrogen) atoms. The van der Waals surface area contributed by atoms with Crippen molar-refractivity contribution < 1.29 is 14.6 Å². The molecule has 0 atom stereocenters. The predicted molar refractivity (Wildman–Crippen MR) is 133 cm³/mol. The number of hydrogen-bond acceptors (Lipinski definition) is 4. The second-order valence-electron chi connectivity index (χ2n) is 7.89. The molecule has 0 bridgehead atoms. The fourth-order valence-corrected chi connectivity index (χ4v) is 3.76. The van der Waals surface area contributed by atoms with E-state index in [9.17, 15) is 9.90 Å². The average Bonchev–Trinajstić information content (AvgIpc) is 2.89. The Kier molecular flexibility index (Phi) is 5.91. The normalized spacial score (nSPS) is 10.7. The smallest absolute Gasteiger partial charge is 0.251 e. The molecule has 0 saturated carbocycles. The number of para-hydroxylation sites is 1. The molecule has 0 spiro atoms. The molecule has 0 saturated heterocycles. The lowest BCUT2D eigenvalue weighted by Gasteiger charge is -2.10. The van der Waals surface area contributed by atoms with Gasteiger partial charge in [0, 0.05) is 23.7 Å². The van der Waals surface area contributed by atoms with E-state index in [0.29, 0.717) is 17.6 Å². The number of ether oxygens (including phenoxy) is 1. The van der Waals surface area contributed by atoms with Crippen molar-refractivity contribution in [1.29, 1.82) is 0 Å². The number of nitrogens with zero attached hydrogens (tertiary/aromatic N) is 1. The van der Waals surface area contributed by atoms with Crippen LogP contribution in [0.2, 0.25) is 0 Å². The van der Waals surface area contributed by atoms with Gasteiger partial charge in [-0.05, 0) is 71.3 Å². The SMILES string of the molecule is O=C(NCc1ccc(Oc2ccccc2)cc1)c1cccc(-c2cc(O)c3ncccc3c2)c1. The van der Waals surface area contributed by atoms with Gasteiger partial charge in [-0.1, -0.05) is 48.5 Å². The fraction of sp³-hybridized carbons (Fsp3) is 0.0345. The third kappa shape index (κ3) is 4.74. The van der Waals surface area contributed by atoms with Crippen molar-refractivity contribution >= 4 is 16.8 Å². The fourth-order valence-electron chi connectivity index (χ4n) is 3.76. The summed E-state index contributed by atoms with van der Waals surface area (Å²) in [6.45, 7) is 0.400. The number of pyridine rings is 1. The Morgan fingerprint density at radius 3 is 2.41 bits per heavy atom. The number of nitrogens with one attached hydrogen (secondary N) is 1. The van der Waals surface area contributed by atoms with Crippen molar-refractivity contribution in [2.75, 3.05) is 0 Å². The maximum absolute atomic E-state index is 12.8. The molecule has 0 radical (unpaired) electrons. The van der Waals surface area contributed by atoms with E-state index in [1.165, 1.54) is 0 Å². The molecule has 1 amide bonds. The molecule has 0 unspecified atom stereocenters. The second kappa shape index (κ2) is 9.46. The minimum absolute atomic E-state index is 0.114. The number of phenols is 1. The monoisotopic (exact) mass is 446 g/mol. The first-order valence-electron chi connectivity index (χ1n) is 10.9. The molecule has 5 nitrogen and oxygen atoms in total. The highest BCUT2D eigenvalue weighted by Gasteiger charge is 2.10. The van der Waals surface area contributed by atoms with E-state index < -0.39 is 0 Å². The lowest BCUT2D eigenvalue weighted by Crippen LogP contribution is -2.22. The van der Waals surface area contributed by atoms with Gasteiger partial charge >= 0.3 is 0 Å². The lowest BCUT2D eigenvalue weighted by atomic mass is 10.0. The Balaban J connectivity index is 1.26. The standard InChI is InChI=1S/C29H22N2O3/c32-27-18-24(17-22-8-5-15-30-28(22)27)21-6-4-7-23(16-21)29(33)31-19-20-11-13-26(14-12-20)34-25-9-2-1-3-10-25/h1-18,32H,19H2,(H,31,33). The molecule has 1 heterocycles. The Morgan fingerprint density at radius 1 is 0.794 bits per heavy atom. The average molecular weight is 447 g/mol. The first-order valence-corrected chi connectivity index (χ1v) is 10.9. The summed E-state index contributed by atoms with van der Waals surface area (Å²) in [6.07, 6.45) is 1.65. The number of amides is 1. The van der Waals surface area contributed by atoms with Crippen LogP contribution in [0.25, 0.3) is 22.0 Å². The largest absolute Gasteiger partial charge is 0.506 e. The molecule has 2 N–H and O–H groups in total. The molecular weight excluding hydrogens is 424 g/mol. The second-order valence-corrected chi connectivity index (χ2v) is 7.89. The zero-order valence-electron chi connectivity index (χ0n) is 18.3.